The van der Waals surface area contributed by atoms with Gasteiger partial charge in [-0.1, -0.05) is 12.1 Å². The number of H-pyrrole nitrogens is 2. The number of nitrogen functional groups attached to an aromatic ring is 1. The number of hydrogen-bond donors (Lipinski definition) is 3. The fourth-order valence-electron chi connectivity index (χ4n) is 2.04. The predicted molar refractivity (Wildman–Crippen MR) is 74.5 cm³/mol. The number of nitrogens with two attached hydrogens (primary N) is 1. The zero-order valence-electron chi connectivity index (χ0n) is 10.4. The number of pyridine rings is 1. The van der Waals surface area contributed by atoms with Gasteiger partial charge in [-0.15, -0.1) is 0 Å². The van der Waals surface area contributed by atoms with Crippen LogP contribution < -0.4 is 11.3 Å². The fraction of sp³-hybridized carbons (Fsp3) is 0. The molecule has 0 saturated heterocycles. The quantitative estimate of drug-likeness (QED) is 0.666. The number of halogens is 1. The first-order valence-corrected chi connectivity index (χ1v) is 5.94. The Morgan fingerprint density at radius 2 is 1.75 bits per heavy atom. The van der Waals surface area contributed by atoms with Gasteiger partial charge in [-0.05, 0) is 23.8 Å². The molecule has 4 N–H and O–H groups in total. The summed E-state index contributed by atoms with van der Waals surface area (Å²) < 4.78 is 13.0. The molecule has 0 saturated carbocycles. The Morgan fingerprint density at radius 3 is 2.40 bits per heavy atom. The normalized spacial score (nSPS) is 10.7. The highest BCUT2D eigenvalue weighted by Crippen LogP contribution is 2.33. The van der Waals surface area contributed by atoms with E-state index in [1.54, 1.807) is 24.4 Å². The number of hydrogen-bond acceptors (Lipinski definition) is 3. The van der Waals surface area contributed by atoms with Gasteiger partial charge in [-0.3, -0.25) is 9.89 Å². The summed E-state index contributed by atoms with van der Waals surface area (Å²) >= 11 is 0. The third kappa shape index (κ3) is 2.07. The topological polar surface area (TPSA) is 87.6 Å². The standard InChI is InChI=1S/C14H11FN4O/c15-10-4-1-8(2-5-10)12-13(18-19-14(12)16)9-3-6-11(20)17-7-9/h1-7H,(H,17,20)(H3,16,18,19). The highest BCUT2D eigenvalue weighted by Gasteiger charge is 2.14. The Morgan fingerprint density at radius 1 is 1.05 bits per heavy atom. The molecular formula is C14H11FN4O. The highest BCUT2D eigenvalue weighted by molar-refractivity contribution is 5.87. The van der Waals surface area contributed by atoms with Crippen LogP contribution in [0, 0.1) is 5.82 Å². The van der Waals surface area contributed by atoms with E-state index in [0.717, 1.165) is 11.1 Å². The zero-order valence-corrected chi connectivity index (χ0v) is 10.4. The second-order valence-electron chi connectivity index (χ2n) is 4.31. The molecule has 0 aliphatic rings. The SMILES string of the molecule is Nc1n[nH]c(-c2ccc(=O)[nH]c2)c1-c1ccc(F)cc1. The van der Waals surface area contributed by atoms with Gasteiger partial charge in [-0.25, -0.2) is 4.39 Å². The lowest BCUT2D eigenvalue weighted by Gasteiger charge is -2.04. The first-order chi connectivity index (χ1) is 9.65. The molecular weight excluding hydrogens is 259 g/mol. The average Bonchev–Trinajstić information content (AvgIpc) is 2.83. The molecule has 3 aromatic rings. The van der Waals surface area contributed by atoms with Crippen molar-refractivity contribution < 1.29 is 4.39 Å². The number of anilines is 1. The maximum absolute atomic E-state index is 13.0. The summed E-state index contributed by atoms with van der Waals surface area (Å²) in [6, 6.07) is 9.06. The van der Waals surface area contributed by atoms with Crippen LogP contribution in [0.1, 0.15) is 0 Å². The second-order valence-corrected chi connectivity index (χ2v) is 4.31. The molecule has 2 aromatic heterocycles. The van der Waals surface area contributed by atoms with Gasteiger partial charge < -0.3 is 10.7 Å². The van der Waals surface area contributed by atoms with E-state index < -0.39 is 0 Å². The monoisotopic (exact) mass is 270 g/mol. The number of nitrogens with one attached hydrogen (secondary N) is 2. The van der Waals surface area contributed by atoms with E-state index >= 15 is 0 Å². The molecule has 0 atom stereocenters. The molecule has 1 aromatic carbocycles. The van der Waals surface area contributed by atoms with Crippen LogP contribution in [-0.2, 0) is 0 Å². The largest absolute Gasteiger partial charge is 0.382 e. The Balaban J connectivity index is 2.16. The number of aromatic nitrogens is 3. The van der Waals surface area contributed by atoms with E-state index in [-0.39, 0.29) is 11.4 Å². The lowest BCUT2D eigenvalue weighted by Crippen LogP contribution is -2.01. The van der Waals surface area contributed by atoms with Crippen molar-refractivity contribution in [1.82, 2.24) is 15.2 Å². The van der Waals surface area contributed by atoms with Crippen LogP contribution in [0.4, 0.5) is 10.2 Å². The summed E-state index contributed by atoms with van der Waals surface area (Å²) in [6.45, 7) is 0. The minimum Gasteiger partial charge on any atom is -0.382 e. The van der Waals surface area contributed by atoms with Crippen LogP contribution >= 0.6 is 0 Å². The summed E-state index contributed by atoms with van der Waals surface area (Å²) in [6.07, 6.45) is 1.57. The minimum absolute atomic E-state index is 0.190. The number of benzene rings is 1. The molecule has 0 radical (unpaired) electrons. The van der Waals surface area contributed by atoms with Crippen molar-refractivity contribution in [2.24, 2.45) is 0 Å². The van der Waals surface area contributed by atoms with Gasteiger partial charge in [0.1, 0.15) is 5.82 Å². The zero-order chi connectivity index (χ0) is 14.1. The molecule has 2 heterocycles. The fourth-order valence-corrected chi connectivity index (χ4v) is 2.04. The van der Waals surface area contributed by atoms with E-state index in [0.29, 0.717) is 17.1 Å². The molecule has 0 amide bonds. The van der Waals surface area contributed by atoms with E-state index in [2.05, 4.69) is 15.2 Å². The molecule has 0 aliphatic heterocycles. The summed E-state index contributed by atoms with van der Waals surface area (Å²) in [5, 5.41) is 6.81. The number of aromatic amines is 2. The molecule has 3 rings (SSSR count). The van der Waals surface area contributed by atoms with Gasteiger partial charge in [0.25, 0.3) is 0 Å². The molecule has 100 valence electrons. The van der Waals surface area contributed by atoms with Gasteiger partial charge in [0.15, 0.2) is 5.82 Å². The summed E-state index contributed by atoms with van der Waals surface area (Å²) in [7, 11) is 0. The van der Waals surface area contributed by atoms with Crippen molar-refractivity contribution in [3.8, 4) is 22.4 Å². The highest BCUT2D eigenvalue weighted by atomic mass is 19.1. The molecule has 0 bridgehead atoms. The van der Waals surface area contributed by atoms with E-state index in [9.17, 15) is 9.18 Å². The van der Waals surface area contributed by atoms with Crippen LogP contribution in [0.2, 0.25) is 0 Å². The lowest BCUT2D eigenvalue weighted by molar-refractivity contribution is 0.628. The number of rotatable bonds is 2. The van der Waals surface area contributed by atoms with Crippen molar-refractivity contribution in [3.63, 3.8) is 0 Å². The summed E-state index contributed by atoms with van der Waals surface area (Å²) in [5.41, 5.74) is 8.52. The predicted octanol–water partition coefficient (Wildman–Crippen LogP) is 2.15. The van der Waals surface area contributed by atoms with E-state index in [4.69, 9.17) is 5.73 Å². The summed E-state index contributed by atoms with van der Waals surface area (Å²) in [4.78, 5) is 13.7. The first-order valence-electron chi connectivity index (χ1n) is 5.94. The van der Waals surface area contributed by atoms with Crippen molar-refractivity contribution in [1.29, 1.82) is 0 Å². The van der Waals surface area contributed by atoms with Gasteiger partial charge in [-0.2, -0.15) is 5.10 Å². The molecule has 0 unspecified atom stereocenters. The second kappa shape index (κ2) is 4.65. The van der Waals surface area contributed by atoms with Crippen molar-refractivity contribution >= 4 is 5.82 Å². The van der Waals surface area contributed by atoms with Crippen LogP contribution in [-0.4, -0.2) is 15.2 Å². The third-order valence-corrected chi connectivity index (χ3v) is 3.00. The Bertz CT molecular complexity index is 784. The van der Waals surface area contributed by atoms with E-state index in [1.165, 1.54) is 18.2 Å². The van der Waals surface area contributed by atoms with Gasteiger partial charge in [0, 0.05) is 17.8 Å². The third-order valence-electron chi connectivity index (χ3n) is 3.00. The first kappa shape index (κ1) is 12.2. The lowest BCUT2D eigenvalue weighted by atomic mass is 10.0. The smallest absolute Gasteiger partial charge is 0.247 e. The van der Waals surface area contributed by atoms with Gasteiger partial charge in [0.2, 0.25) is 5.56 Å². The van der Waals surface area contributed by atoms with Crippen molar-refractivity contribution in [2.45, 2.75) is 0 Å². The number of nitrogens with zero attached hydrogens (tertiary/aromatic N) is 1. The summed E-state index contributed by atoms with van der Waals surface area (Å²) in [5.74, 6) is -0.000726. The Hall–Kier alpha value is -2.89. The Labute approximate surface area is 113 Å². The molecule has 0 spiro atoms. The van der Waals surface area contributed by atoms with Crippen LogP contribution in [0.5, 0.6) is 0 Å². The van der Waals surface area contributed by atoms with E-state index in [1.807, 2.05) is 0 Å². The molecule has 0 fully saturated rings. The minimum atomic E-state index is -0.318. The average molecular weight is 270 g/mol. The van der Waals surface area contributed by atoms with Crippen molar-refractivity contribution in [2.75, 3.05) is 5.73 Å². The van der Waals surface area contributed by atoms with Crippen LogP contribution in [0.3, 0.4) is 0 Å². The van der Waals surface area contributed by atoms with Crippen molar-refractivity contribution in [3.05, 3.63) is 58.8 Å². The molecule has 6 heteroatoms. The van der Waals surface area contributed by atoms with Crippen LogP contribution in [0.25, 0.3) is 22.4 Å². The molecule has 5 nitrogen and oxygen atoms in total. The van der Waals surface area contributed by atoms with Gasteiger partial charge in [0.05, 0.1) is 11.3 Å². The van der Waals surface area contributed by atoms with Crippen LogP contribution in [0.15, 0.2) is 47.4 Å². The maximum atomic E-state index is 13.0. The molecule has 0 aliphatic carbocycles. The maximum Gasteiger partial charge on any atom is 0.247 e. The van der Waals surface area contributed by atoms with Gasteiger partial charge >= 0.3 is 0 Å². The molecule has 20 heavy (non-hydrogen) atoms. The Kier molecular flexibility index (Phi) is 2.83.